The fourth-order valence-corrected chi connectivity index (χ4v) is 4.27. The maximum atomic E-state index is 11.4. The number of benzene rings is 3. The molecule has 0 heterocycles. The average molecular weight is 376 g/mol. The van der Waals surface area contributed by atoms with Crippen molar-refractivity contribution < 1.29 is 4.79 Å². The molecule has 0 aromatic heterocycles. The second-order valence-electron chi connectivity index (χ2n) is 7.33. The zero-order valence-corrected chi connectivity index (χ0v) is 15.9. The highest BCUT2D eigenvalue weighted by Crippen LogP contribution is 2.32. The molecular formula is C24H22ClNO. The van der Waals surface area contributed by atoms with Crippen molar-refractivity contribution in [3.63, 3.8) is 0 Å². The summed E-state index contributed by atoms with van der Waals surface area (Å²) in [6.45, 7) is 0. The second kappa shape index (κ2) is 7.58. The van der Waals surface area contributed by atoms with Crippen LogP contribution in [-0.4, -0.2) is 5.91 Å². The minimum Gasteiger partial charge on any atom is -0.366 e. The molecule has 27 heavy (non-hydrogen) atoms. The quantitative estimate of drug-likeness (QED) is 0.632. The molecule has 2 nitrogen and oxygen atoms in total. The fraction of sp³-hybridized carbons (Fsp3) is 0.208. The van der Waals surface area contributed by atoms with E-state index in [0.29, 0.717) is 11.5 Å². The Morgan fingerprint density at radius 3 is 2.30 bits per heavy atom. The highest BCUT2D eigenvalue weighted by atomic mass is 35.5. The van der Waals surface area contributed by atoms with E-state index in [9.17, 15) is 4.79 Å². The molecule has 3 heteroatoms. The Kier molecular flexibility index (Phi) is 5.00. The predicted octanol–water partition coefficient (Wildman–Crippen LogP) is 5.45. The first-order valence-electron chi connectivity index (χ1n) is 9.35. The van der Waals surface area contributed by atoms with E-state index >= 15 is 0 Å². The van der Waals surface area contributed by atoms with Crippen molar-refractivity contribution in [1.82, 2.24) is 0 Å². The Labute approximate surface area is 165 Å². The smallest absolute Gasteiger partial charge is 0.248 e. The van der Waals surface area contributed by atoms with E-state index in [0.717, 1.165) is 29.0 Å². The molecule has 0 aliphatic heterocycles. The number of aryl methyl sites for hydroxylation is 1. The molecule has 136 valence electrons. The molecule has 0 atom stereocenters. The maximum absolute atomic E-state index is 11.4. The summed E-state index contributed by atoms with van der Waals surface area (Å²) >= 11 is 6.56. The number of carbonyl (C=O) groups is 1. The van der Waals surface area contributed by atoms with Crippen molar-refractivity contribution in [2.75, 3.05) is 0 Å². The number of primary amides is 1. The normalized spacial score (nSPS) is 13.5. The average Bonchev–Trinajstić information content (AvgIpc) is 3.10. The number of hydrogen-bond acceptors (Lipinski definition) is 1. The summed E-state index contributed by atoms with van der Waals surface area (Å²) in [4.78, 5) is 11.4. The van der Waals surface area contributed by atoms with E-state index < -0.39 is 5.91 Å². The van der Waals surface area contributed by atoms with Gasteiger partial charge in [-0.3, -0.25) is 4.79 Å². The molecule has 0 spiro atoms. The van der Waals surface area contributed by atoms with Gasteiger partial charge >= 0.3 is 0 Å². The standard InChI is InChI=1S/C24H22ClNO/c25-23-15-21(20-6-3-7-22(14-20)24(26)27)11-10-17(23)9-8-16-12-18-4-1-2-5-19(18)13-16/h1-7,10-11,14-16H,8-9,12-13H2,(H2,26,27). The van der Waals surface area contributed by atoms with E-state index in [2.05, 4.69) is 36.4 Å². The lowest BCUT2D eigenvalue weighted by Crippen LogP contribution is -2.10. The predicted molar refractivity (Wildman–Crippen MR) is 111 cm³/mol. The molecule has 2 N–H and O–H groups in total. The largest absolute Gasteiger partial charge is 0.366 e. The minimum atomic E-state index is -0.419. The molecule has 0 radical (unpaired) electrons. The fourth-order valence-electron chi connectivity index (χ4n) is 4.00. The highest BCUT2D eigenvalue weighted by molar-refractivity contribution is 6.31. The molecule has 0 saturated carbocycles. The summed E-state index contributed by atoms with van der Waals surface area (Å²) in [6.07, 6.45) is 4.47. The first kappa shape index (κ1) is 17.8. The van der Waals surface area contributed by atoms with Crippen LogP contribution in [0.3, 0.4) is 0 Å². The Bertz CT molecular complexity index is 970. The van der Waals surface area contributed by atoms with E-state index in [1.807, 2.05) is 24.3 Å². The van der Waals surface area contributed by atoms with Crippen LogP contribution in [0.4, 0.5) is 0 Å². The van der Waals surface area contributed by atoms with Crippen molar-refractivity contribution in [3.05, 3.63) is 94.0 Å². The molecule has 3 aromatic carbocycles. The lowest BCUT2D eigenvalue weighted by atomic mass is 9.95. The summed E-state index contributed by atoms with van der Waals surface area (Å²) < 4.78 is 0. The summed E-state index contributed by atoms with van der Waals surface area (Å²) in [7, 11) is 0. The van der Waals surface area contributed by atoms with Gasteiger partial charge in [-0.2, -0.15) is 0 Å². The first-order valence-corrected chi connectivity index (χ1v) is 9.73. The zero-order valence-electron chi connectivity index (χ0n) is 15.1. The van der Waals surface area contributed by atoms with Gasteiger partial charge in [0.15, 0.2) is 0 Å². The molecule has 0 unspecified atom stereocenters. The van der Waals surface area contributed by atoms with Gasteiger partial charge in [-0.1, -0.05) is 60.1 Å². The van der Waals surface area contributed by atoms with Crippen LogP contribution in [0, 0.1) is 5.92 Å². The maximum Gasteiger partial charge on any atom is 0.248 e. The van der Waals surface area contributed by atoms with Crippen molar-refractivity contribution in [2.45, 2.75) is 25.7 Å². The number of amides is 1. The van der Waals surface area contributed by atoms with Crippen LogP contribution in [0.2, 0.25) is 5.02 Å². The number of halogens is 1. The second-order valence-corrected chi connectivity index (χ2v) is 7.74. The summed E-state index contributed by atoms with van der Waals surface area (Å²) in [5.74, 6) is 0.280. The summed E-state index contributed by atoms with van der Waals surface area (Å²) in [5.41, 5.74) is 12.0. The molecule has 0 fully saturated rings. The van der Waals surface area contributed by atoms with Crippen LogP contribution in [0.15, 0.2) is 66.7 Å². The van der Waals surface area contributed by atoms with Gasteiger partial charge in [0.05, 0.1) is 0 Å². The van der Waals surface area contributed by atoms with E-state index in [1.165, 1.54) is 29.5 Å². The van der Waals surface area contributed by atoms with Gasteiger partial charge in [0, 0.05) is 10.6 Å². The molecule has 0 bridgehead atoms. The Hall–Kier alpha value is -2.58. The van der Waals surface area contributed by atoms with Crippen LogP contribution in [0.5, 0.6) is 0 Å². The van der Waals surface area contributed by atoms with Crippen molar-refractivity contribution >= 4 is 17.5 Å². The van der Waals surface area contributed by atoms with Crippen molar-refractivity contribution in [2.24, 2.45) is 11.7 Å². The van der Waals surface area contributed by atoms with Gasteiger partial charge in [0.1, 0.15) is 0 Å². The summed E-state index contributed by atoms with van der Waals surface area (Å²) in [6, 6.07) is 22.3. The number of rotatable bonds is 5. The molecule has 1 amide bonds. The highest BCUT2D eigenvalue weighted by Gasteiger charge is 2.20. The van der Waals surface area contributed by atoms with Gasteiger partial charge in [0.2, 0.25) is 5.91 Å². The third kappa shape index (κ3) is 3.91. The number of carbonyl (C=O) groups excluding carboxylic acids is 1. The molecule has 0 saturated heterocycles. The number of nitrogens with two attached hydrogens (primary N) is 1. The lowest BCUT2D eigenvalue weighted by molar-refractivity contribution is 0.100. The monoisotopic (exact) mass is 375 g/mol. The SMILES string of the molecule is NC(=O)c1cccc(-c2ccc(CCC3Cc4ccccc4C3)c(Cl)c2)c1. The van der Waals surface area contributed by atoms with Gasteiger partial charge in [-0.05, 0) is 77.6 Å². The zero-order chi connectivity index (χ0) is 18.8. The van der Waals surface area contributed by atoms with Crippen LogP contribution >= 0.6 is 11.6 Å². The Morgan fingerprint density at radius 1 is 0.926 bits per heavy atom. The third-order valence-electron chi connectivity index (χ3n) is 5.49. The van der Waals surface area contributed by atoms with Crippen LogP contribution in [0.1, 0.15) is 33.5 Å². The Balaban J connectivity index is 1.45. The van der Waals surface area contributed by atoms with Crippen LogP contribution < -0.4 is 5.73 Å². The van der Waals surface area contributed by atoms with Crippen LogP contribution in [0.25, 0.3) is 11.1 Å². The van der Waals surface area contributed by atoms with Crippen molar-refractivity contribution in [3.8, 4) is 11.1 Å². The third-order valence-corrected chi connectivity index (χ3v) is 5.84. The van der Waals surface area contributed by atoms with E-state index in [4.69, 9.17) is 17.3 Å². The molecule has 3 aromatic rings. The lowest BCUT2D eigenvalue weighted by Gasteiger charge is -2.11. The van der Waals surface area contributed by atoms with Gasteiger partial charge in [0.25, 0.3) is 0 Å². The van der Waals surface area contributed by atoms with Gasteiger partial charge in [-0.25, -0.2) is 0 Å². The first-order chi connectivity index (χ1) is 13.1. The molecule has 1 aliphatic carbocycles. The van der Waals surface area contributed by atoms with Crippen molar-refractivity contribution in [1.29, 1.82) is 0 Å². The minimum absolute atomic E-state index is 0.419. The number of hydrogen-bond donors (Lipinski definition) is 1. The molecular weight excluding hydrogens is 354 g/mol. The van der Waals surface area contributed by atoms with Crippen LogP contribution in [-0.2, 0) is 19.3 Å². The molecule has 4 rings (SSSR count). The molecule has 1 aliphatic rings. The van der Waals surface area contributed by atoms with E-state index in [-0.39, 0.29) is 0 Å². The summed E-state index contributed by atoms with van der Waals surface area (Å²) in [5, 5.41) is 0.785. The Morgan fingerprint density at radius 2 is 1.63 bits per heavy atom. The van der Waals surface area contributed by atoms with Gasteiger partial charge in [-0.15, -0.1) is 0 Å². The topological polar surface area (TPSA) is 43.1 Å². The van der Waals surface area contributed by atoms with E-state index in [1.54, 1.807) is 6.07 Å². The van der Waals surface area contributed by atoms with Gasteiger partial charge < -0.3 is 5.73 Å². The number of fused-ring (bicyclic) bond motifs is 1.